The first-order chi connectivity index (χ1) is 9.49. The SMILES string of the molecule is Cc1cc(C(=O)N2CCCCCC2C(=O)O)cc(Cl)n1. The Morgan fingerprint density at radius 3 is 2.75 bits per heavy atom. The molecule has 1 aliphatic heterocycles. The van der Waals surface area contributed by atoms with E-state index in [-0.39, 0.29) is 11.1 Å². The smallest absolute Gasteiger partial charge is 0.326 e. The van der Waals surface area contributed by atoms with Gasteiger partial charge in [-0.1, -0.05) is 24.4 Å². The Labute approximate surface area is 122 Å². The van der Waals surface area contributed by atoms with Crippen molar-refractivity contribution in [3.8, 4) is 0 Å². The van der Waals surface area contributed by atoms with E-state index in [0.29, 0.717) is 24.2 Å². The zero-order chi connectivity index (χ0) is 14.7. The van der Waals surface area contributed by atoms with Crippen molar-refractivity contribution >= 4 is 23.5 Å². The van der Waals surface area contributed by atoms with Gasteiger partial charge in [-0.15, -0.1) is 0 Å². The maximum atomic E-state index is 12.5. The highest BCUT2D eigenvalue weighted by Crippen LogP contribution is 2.21. The van der Waals surface area contributed by atoms with E-state index in [0.717, 1.165) is 19.3 Å². The summed E-state index contributed by atoms with van der Waals surface area (Å²) >= 11 is 5.87. The lowest BCUT2D eigenvalue weighted by Gasteiger charge is -2.27. The predicted molar refractivity (Wildman–Crippen MR) is 74.9 cm³/mol. The lowest BCUT2D eigenvalue weighted by atomic mass is 10.1. The van der Waals surface area contributed by atoms with Gasteiger partial charge in [0.15, 0.2) is 0 Å². The number of aromatic nitrogens is 1. The largest absolute Gasteiger partial charge is 0.480 e. The second-order valence-corrected chi connectivity index (χ2v) is 5.41. The fraction of sp³-hybridized carbons (Fsp3) is 0.500. The number of carboxylic acids is 1. The normalized spacial score (nSPS) is 19.5. The molecular formula is C14H17ClN2O3. The van der Waals surface area contributed by atoms with Crippen LogP contribution in [-0.4, -0.2) is 39.5 Å². The van der Waals surface area contributed by atoms with Crippen LogP contribution >= 0.6 is 11.6 Å². The Morgan fingerprint density at radius 2 is 2.10 bits per heavy atom. The summed E-state index contributed by atoms with van der Waals surface area (Å²) in [7, 11) is 0. The van der Waals surface area contributed by atoms with Crippen LogP contribution in [0.5, 0.6) is 0 Å². The van der Waals surface area contributed by atoms with Crippen molar-refractivity contribution in [3.05, 3.63) is 28.5 Å². The molecule has 1 aromatic rings. The average Bonchev–Trinajstić information content (AvgIpc) is 2.62. The molecule has 0 radical (unpaired) electrons. The van der Waals surface area contributed by atoms with E-state index in [4.69, 9.17) is 11.6 Å². The monoisotopic (exact) mass is 296 g/mol. The molecule has 1 atom stereocenters. The van der Waals surface area contributed by atoms with Crippen molar-refractivity contribution in [3.63, 3.8) is 0 Å². The Bertz CT molecular complexity index is 513. The Hall–Kier alpha value is -1.62. The van der Waals surface area contributed by atoms with Gasteiger partial charge in [0.2, 0.25) is 0 Å². The number of carbonyl (C=O) groups is 2. The second kappa shape index (κ2) is 6.22. The number of carboxylic acid groups (broad SMARTS) is 1. The van der Waals surface area contributed by atoms with E-state index in [9.17, 15) is 14.7 Å². The van der Waals surface area contributed by atoms with Gasteiger partial charge in [-0.25, -0.2) is 9.78 Å². The maximum absolute atomic E-state index is 12.5. The first-order valence-electron chi connectivity index (χ1n) is 6.67. The Morgan fingerprint density at radius 1 is 1.35 bits per heavy atom. The molecule has 2 heterocycles. The van der Waals surface area contributed by atoms with Crippen molar-refractivity contribution in [1.82, 2.24) is 9.88 Å². The average molecular weight is 297 g/mol. The number of hydrogen-bond donors (Lipinski definition) is 1. The third kappa shape index (κ3) is 3.28. The van der Waals surface area contributed by atoms with Crippen molar-refractivity contribution in [1.29, 1.82) is 0 Å². The molecule has 1 amide bonds. The van der Waals surface area contributed by atoms with Gasteiger partial charge in [0.25, 0.3) is 5.91 Å². The zero-order valence-electron chi connectivity index (χ0n) is 11.3. The molecule has 1 fully saturated rings. The molecule has 0 bridgehead atoms. The van der Waals surface area contributed by atoms with Gasteiger partial charge in [-0.2, -0.15) is 0 Å². The van der Waals surface area contributed by atoms with Crippen LogP contribution in [0.2, 0.25) is 5.15 Å². The number of amides is 1. The maximum Gasteiger partial charge on any atom is 0.326 e. The van der Waals surface area contributed by atoms with Crippen LogP contribution in [0.3, 0.4) is 0 Å². The summed E-state index contributed by atoms with van der Waals surface area (Å²) in [6, 6.07) is 2.37. The predicted octanol–water partition coefficient (Wildman–Crippen LogP) is 2.51. The fourth-order valence-electron chi connectivity index (χ4n) is 2.53. The molecule has 0 aromatic carbocycles. The number of pyridine rings is 1. The summed E-state index contributed by atoms with van der Waals surface area (Å²) in [6.07, 6.45) is 3.10. The van der Waals surface area contributed by atoms with Crippen LogP contribution in [-0.2, 0) is 4.79 Å². The van der Waals surface area contributed by atoms with Crippen LogP contribution in [0.15, 0.2) is 12.1 Å². The third-order valence-corrected chi connectivity index (χ3v) is 3.66. The van der Waals surface area contributed by atoms with Crippen molar-refractivity contribution in [2.75, 3.05) is 6.54 Å². The standard InChI is InChI=1S/C14H17ClN2O3/c1-9-7-10(8-12(15)16-9)13(18)17-6-4-2-3-5-11(17)14(19)20/h7-8,11H,2-6H2,1H3,(H,19,20). The van der Waals surface area contributed by atoms with Crippen LogP contribution in [0.25, 0.3) is 0 Å². The molecule has 0 spiro atoms. The highest BCUT2D eigenvalue weighted by atomic mass is 35.5. The fourth-order valence-corrected chi connectivity index (χ4v) is 2.78. The van der Waals surface area contributed by atoms with Crippen LogP contribution in [0.4, 0.5) is 0 Å². The summed E-state index contributed by atoms with van der Waals surface area (Å²) in [5.74, 6) is -1.23. The molecule has 5 nitrogen and oxygen atoms in total. The van der Waals surface area contributed by atoms with Crippen LogP contribution in [0, 0.1) is 6.92 Å². The number of rotatable bonds is 2. The van der Waals surface area contributed by atoms with Gasteiger partial charge in [-0.05, 0) is 31.9 Å². The summed E-state index contributed by atoms with van der Waals surface area (Å²) in [4.78, 5) is 29.4. The minimum Gasteiger partial charge on any atom is -0.480 e. The van der Waals surface area contributed by atoms with Gasteiger partial charge >= 0.3 is 5.97 Å². The van der Waals surface area contributed by atoms with Gasteiger partial charge in [0, 0.05) is 17.8 Å². The number of aliphatic carboxylic acids is 1. The Balaban J connectivity index is 2.30. The number of likely N-dealkylation sites (tertiary alicyclic amines) is 1. The first kappa shape index (κ1) is 14.8. The second-order valence-electron chi connectivity index (χ2n) is 5.02. The highest BCUT2D eigenvalue weighted by molar-refractivity contribution is 6.29. The van der Waals surface area contributed by atoms with Crippen LogP contribution in [0.1, 0.15) is 41.7 Å². The highest BCUT2D eigenvalue weighted by Gasteiger charge is 2.31. The summed E-state index contributed by atoms with van der Waals surface area (Å²) in [6.45, 7) is 2.22. The zero-order valence-corrected chi connectivity index (χ0v) is 12.1. The molecule has 2 rings (SSSR count). The van der Waals surface area contributed by atoms with Gasteiger partial charge in [0.1, 0.15) is 11.2 Å². The minimum atomic E-state index is -0.947. The lowest BCUT2D eigenvalue weighted by Crippen LogP contribution is -2.44. The van der Waals surface area contributed by atoms with Crippen LogP contribution < -0.4 is 0 Å². The van der Waals surface area contributed by atoms with E-state index in [1.807, 2.05) is 0 Å². The van der Waals surface area contributed by atoms with Crippen molar-refractivity contribution < 1.29 is 14.7 Å². The van der Waals surface area contributed by atoms with Gasteiger partial charge in [-0.3, -0.25) is 4.79 Å². The van der Waals surface area contributed by atoms with E-state index in [1.54, 1.807) is 13.0 Å². The summed E-state index contributed by atoms with van der Waals surface area (Å²) in [5, 5.41) is 9.55. The first-order valence-corrected chi connectivity index (χ1v) is 7.05. The van der Waals surface area contributed by atoms with E-state index in [1.165, 1.54) is 11.0 Å². The van der Waals surface area contributed by atoms with Gasteiger partial charge < -0.3 is 10.0 Å². The Kier molecular flexibility index (Phi) is 4.60. The number of nitrogens with zero attached hydrogens (tertiary/aromatic N) is 2. The van der Waals surface area contributed by atoms with E-state index < -0.39 is 12.0 Å². The molecule has 1 N–H and O–H groups in total. The van der Waals surface area contributed by atoms with E-state index in [2.05, 4.69) is 4.98 Å². The van der Waals surface area contributed by atoms with Crippen molar-refractivity contribution in [2.24, 2.45) is 0 Å². The number of carbonyl (C=O) groups excluding carboxylic acids is 1. The van der Waals surface area contributed by atoms with E-state index >= 15 is 0 Å². The van der Waals surface area contributed by atoms with Crippen molar-refractivity contribution in [2.45, 2.75) is 38.6 Å². The molecule has 1 aromatic heterocycles. The molecule has 6 heteroatoms. The molecule has 0 aliphatic carbocycles. The lowest BCUT2D eigenvalue weighted by molar-refractivity contribution is -0.142. The summed E-state index contributed by atoms with van der Waals surface area (Å²) in [5.41, 5.74) is 1.04. The molecule has 1 saturated heterocycles. The van der Waals surface area contributed by atoms with Gasteiger partial charge in [0.05, 0.1) is 0 Å². The molecule has 1 aliphatic rings. The third-order valence-electron chi connectivity index (χ3n) is 3.47. The topological polar surface area (TPSA) is 70.5 Å². The number of hydrogen-bond acceptors (Lipinski definition) is 3. The molecule has 108 valence electrons. The molecule has 1 unspecified atom stereocenters. The summed E-state index contributed by atoms with van der Waals surface area (Å²) < 4.78 is 0. The molecule has 0 saturated carbocycles. The molecular weight excluding hydrogens is 280 g/mol. The number of aryl methyl sites for hydroxylation is 1. The molecule has 20 heavy (non-hydrogen) atoms. The number of halogens is 1. The minimum absolute atomic E-state index is 0.245. The quantitative estimate of drug-likeness (QED) is 0.851.